The largest absolute Gasteiger partial charge is 0.0654 e. The third kappa shape index (κ3) is 43.6. The lowest BCUT2D eigenvalue weighted by Crippen LogP contribution is -2.54. The zero-order chi connectivity index (χ0) is 58.8. The molecule has 0 N–H and O–H groups in total. The number of rotatable bonds is 68. The van der Waals surface area contributed by atoms with Gasteiger partial charge in [0.15, 0.2) is 0 Å². The van der Waals surface area contributed by atoms with Gasteiger partial charge in [-0.3, -0.25) is 0 Å². The number of hydrogen-bond acceptors (Lipinski definition) is 0. The van der Waals surface area contributed by atoms with Crippen LogP contribution in [0.1, 0.15) is 481 Å². The highest BCUT2D eigenvalue weighted by Crippen LogP contribution is 2.69. The van der Waals surface area contributed by atoms with Crippen molar-refractivity contribution in [3.05, 3.63) is 0 Å². The van der Waals surface area contributed by atoms with Crippen molar-refractivity contribution in [2.75, 3.05) is 0 Å². The molecule has 0 spiro atoms. The molecular formula is C80H162. The molecule has 2 atom stereocenters. The monoisotopic (exact) mass is 1120 g/mol. The zero-order valence-electron chi connectivity index (χ0n) is 58.8. The maximum atomic E-state index is 2.48. The summed E-state index contributed by atoms with van der Waals surface area (Å²) in [5.41, 5.74) is 1.42. The van der Waals surface area contributed by atoms with E-state index >= 15 is 0 Å². The third-order valence-electron chi connectivity index (χ3n) is 21.0. The van der Waals surface area contributed by atoms with Crippen LogP contribution in [0, 0.1) is 34.0 Å². The Morgan fingerprint density at radius 2 is 0.300 bits per heavy atom. The summed E-state index contributed by atoms with van der Waals surface area (Å²) in [4.78, 5) is 0. The maximum Gasteiger partial charge on any atom is -0.0184 e. The van der Waals surface area contributed by atoms with Crippen molar-refractivity contribution in [2.24, 2.45) is 34.0 Å². The highest BCUT2D eigenvalue weighted by Gasteiger charge is 2.59. The Balaban J connectivity index is 8.39. The number of unbranched alkanes of at least 4 members (excludes halogenated alkanes) is 44. The van der Waals surface area contributed by atoms with E-state index in [4.69, 9.17) is 0 Å². The predicted octanol–water partition coefficient (Wildman–Crippen LogP) is 30.6. The summed E-state index contributed by atoms with van der Waals surface area (Å²) in [6.07, 6.45) is 93.5. The fourth-order valence-electron chi connectivity index (χ4n) is 16.0. The van der Waals surface area contributed by atoms with Gasteiger partial charge in [-0.1, -0.05) is 429 Å². The second-order valence-electron chi connectivity index (χ2n) is 29.8. The molecule has 0 nitrogen and oxygen atoms in total. The first-order chi connectivity index (χ1) is 39.1. The summed E-state index contributed by atoms with van der Waals surface area (Å²) >= 11 is 0. The van der Waals surface area contributed by atoms with E-state index in [1.54, 1.807) is 51.4 Å². The van der Waals surface area contributed by atoms with Crippen LogP contribution in [0.25, 0.3) is 0 Å². The van der Waals surface area contributed by atoms with Gasteiger partial charge in [0.1, 0.15) is 0 Å². The van der Waals surface area contributed by atoms with Crippen molar-refractivity contribution < 1.29 is 0 Å². The molecule has 0 heterocycles. The van der Waals surface area contributed by atoms with Crippen LogP contribution >= 0.6 is 0 Å². The molecule has 0 amide bonds. The van der Waals surface area contributed by atoms with E-state index in [9.17, 15) is 0 Å². The van der Waals surface area contributed by atoms with Gasteiger partial charge in [0.2, 0.25) is 0 Å². The van der Waals surface area contributed by atoms with Gasteiger partial charge in [0.25, 0.3) is 0 Å². The quantitative estimate of drug-likeness (QED) is 0.0533. The van der Waals surface area contributed by atoms with Crippen LogP contribution in [0.15, 0.2) is 0 Å². The molecular weight excluding hydrogens is 961 g/mol. The van der Waals surface area contributed by atoms with E-state index in [1.807, 2.05) is 0 Å². The molecule has 0 rings (SSSR count). The van der Waals surface area contributed by atoms with Gasteiger partial charge in [-0.15, -0.1) is 0 Å². The van der Waals surface area contributed by atoms with Gasteiger partial charge >= 0.3 is 0 Å². The minimum absolute atomic E-state index is 0.461. The van der Waals surface area contributed by atoms with Gasteiger partial charge in [-0.05, 0) is 85.4 Å². The van der Waals surface area contributed by atoms with E-state index in [0.29, 0.717) is 16.2 Å². The van der Waals surface area contributed by atoms with E-state index in [1.165, 1.54) is 353 Å². The minimum atomic E-state index is 0.461. The lowest BCUT2D eigenvalue weighted by molar-refractivity contribution is -0.140. The van der Waals surface area contributed by atoms with E-state index < -0.39 is 0 Å². The second kappa shape index (κ2) is 59.3. The standard InChI is InChI=1S/C80H162/c1-12-17-22-27-32-34-38-48-59-70-79(72-61-50-41-43-54-65-76(8)9,71-60-49-40-35-42-53-64-75(6)7)80(74-63-52-44-55-66-77(10)11,73-62-51-39-33-28-23-18-13-2)78(67-56-45-31-26-21-16-5,68-57-46-36-29-24-19-14-3)69-58-47-37-30-25-20-15-4/h75-77H,12-74H2,1-11H3. The Labute approximate surface area is 512 Å². The molecule has 0 radical (unpaired) electrons. The predicted molar refractivity (Wildman–Crippen MR) is 371 cm³/mol. The summed E-state index contributed by atoms with van der Waals surface area (Å²) in [6, 6.07) is 0. The fraction of sp³-hybridized carbons (Fsp3) is 1.00. The van der Waals surface area contributed by atoms with Crippen molar-refractivity contribution in [3.8, 4) is 0 Å². The fourth-order valence-corrected chi connectivity index (χ4v) is 16.0. The SMILES string of the molecule is CCCCCCCCCCCC(CCCCCCCCC(C)C)(CCCCCCCC(C)C)C(CCCCCCCCCC)(CCCCCCC(C)C)C(CCCCCCCC)(CCCCCCCCC)CCCCCCCCC. The van der Waals surface area contributed by atoms with Gasteiger partial charge < -0.3 is 0 Å². The highest BCUT2D eigenvalue weighted by atomic mass is 14.6. The molecule has 0 heteroatoms. The first kappa shape index (κ1) is 80.0. The molecule has 482 valence electrons. The van der Waals surface area contributed by atoms with Crippen LogP contribution in [-0.2, 0) is 0 Å². The topological polar surface area (TPSA) is 0 Å². The number of hydrogen-bond donors (Lipinski definition) is 0. The average molecular weight is 1120 g/mol. The van der Waals surface area contributed by atoms with Crippen LogP contribution in [-0.4, -0.2) is 0 Å². The average Bonchev–Trinajstić information content (AvgIpc) is 3.49. The zero-order valence-corrected chi connectivity index (χ0v) is 58.8. The lowest BCUT2D eigenvalue weighted by Gasteiger charge is -2.64. The van der Waals surface area contributed by atoms with Gasteiger partial charge in [-0.2, -0.15) is 0 Å². The summed E-state index contributed by atoms with van der Waals surface area (Å²) in [6.45, 7) is 26.8. The molecule has 0 aromatic carbocycles. The van der Waals surface area contributed by atoms with E-state index in [-0.39, 0.29) is 0 Å². The van der Waals surface area contributed by atoms with E-state index in [0.717, 1.165) is 17.8 Å². The van der Waals surface area contributed by atoms with Crippen LogP contribution in [0.2, 0.25) is 0 Å². The Morgan fingerprint density at radius 3 is 0.463 bits per heavy atom. The second-order valence-corrected chi connectivity index (χ2v) is 29.8. The molecule has 2 unspecified atom stereocenters. The molecule has 0 aromatic rings. The molecule has 0 aliphatic rings. The van der Waals surface area contributed by atoms with Crippen molar-refractivity contribution in [1.29, 1.82) is 0 Å². The Morgan fingerprint density at radius 1 is 0.163 bits per heavy atom. The Hall–Kier alpha value is 0. The van der Waals surface area contributed by atoms with Crippen molar-refractivity contribution >= 4 is 0 Å². The van der Waals surface area contributed by atoms with Gasteiger partial charge in [-0.25, -0.2) is 0 Å². The van der Waals surface area contributed by atoms with E-state index in [2.05, 4.69) is 76.2 Å². The van der Waals surface area contributed by atoms with Crippen molar-refractivity contribution in [1.82, 2.24) is 0 Å². The van der Waals surface area contributed by atoms with Gasteiger partial charge in [0.05, 0.1) is 0 Å². The Bertz CT molecular complexity index is 1140. The van der Waals surface area contributed by atoms with Crippen LogP contribution in [0.5, 0.6) is 0 Å². The highest BCUT2D eigenvalue weighted by molar-refractivity contribution is 5.08. The van der Waals surface area contributed by atoms with Gasteiger partial charge in [0, 0.05) is 0 Å². The van der Waals surface area contributed by atoms with Crippen LogP contribution < -0.4 is 0 Å². The molecule has 0 saturated carbocycles. The Kier molecular flexibility index (Phi) is 59.3. The maximum absolute atomic E-state index is 2.48. The third-order valence-corrected chi connectivity index (χ3v) is 21.0. The molecule has 0 aliphatic heterocycles. The first-order valence-corrected chi connectivity index (χ1v) is 39.1. The summed E-state index contributed by atoms with van der Waals surface area (Å²) in [7, 11) is 0. The van der Waals surface area contributed by atoms with Crippen molar-refractivity contribution in [2.45, 2.75) is 481 Å². The molecule has 0 aliphatic carbocycles. The smallest absolute Gasteiger partial charge is 0.0184 e. The molecule has 0 saturated heterocycles. The molecule has 0 fully saturated rings. The lowest BCUT2D eigenvalue weighted by atomic mass is 9.41. The summed E-state index contributed by atoms with van der Waals surface area (Å²) in [5, 5.41) is 0. The summed E-state index contributed by atoms with van der Waals surface area (Å²) in [5.74, 6) is 2.55. The molecule has 0 bridgehead atoms. The minimum Gasteiger partial charge on any atom is -0.0654 e. The van der Waals surface area contributed by atoms with Crippen LogP contribution in [0.3, 0.4) is 0 Å². The van der Waals surface area contributed by atoms with Crippen molar-refractivity contribution in [3.63, 3.8) is 0 Å². The normalized spacial score (nSPS) is 13.9. The summed E-state index contributed by atoms with van der Waals surface area (Å²) < 4.78 is 0. The molecule has 0 aromatic heterocycles. The molecule has 80 heavy (non-hydrogen) atoms. The first-order valence-electron chi connectivity index (χ1n) is 39.1. The van der Waals surface area contributed by atoms with Crippen LogP contribution in [0.4, 0.5) is 0 Å².